The molecular weight excluding hydrogens is 260 g/mol. The van der Waals surface area contributed by atoms with Gasteiger partial charge in [-0.2, -0.15) is 0 Å². The van der Waals surface area contributed by atoms with Crippen LogP contribution in [0.15, 0.2) is 54.9 Å². The first-order chi connectivity index (χ1) is 10.3. The van der Waals surface area contributed by atoms with E-state index in [0.717, 1.165) is 23.2 Å². The van der Waals surface area contributed by atoms with E-state index in [9.17, 15) is 0 Å². The number of nitrogens with two attached hydrogens (primary N) is 1. The Kier molecular flexibility index (Phi) is 3.79. The molecule has 0 radical (unpaired) electrons. The molecule has 4 nitrogen and oxygen atoms in total. The first kappa shape index (κ1) is 13.5. The lowest BCUT2D eigenvalue weighted by atomic mass is 9.99. The second-order valence-electron chi connectivity index (χ2n) is 4.89. The lowest BCUT2D eigenvalue weighted by molar-refractivity contribution is 0.620. The van der Waals surface area contributed by atoms with Crippen LogP contribution in [-0.2, 0) is 0 Å². The van der Waals surface area contributed by atoms with Gasteiger partial charge in [0.2, 0.25) is 0 Å². The molecule has 2 aromatic heterocycles. The highest BCUT2D eigenvalue weighted by Crippen LogP contribution is 2.29. The lowest BCUT2D eigenvalue weighted by Gasteiger charge is -2.20. The van der Waals surface area contributed by atoms with Crippen LogP contribution in [0.3, 0.4) is 0 Å². The quantitative estimate of drug-likeness (QED) is 0.770. The average Bonchev–Trinajstić information content (AvgIpc) is 2.53. The summed E-state index contributed by atoms with van der Waals surface area (Å²) in [5.41, 5.74) is 8.00. The van der Waals surface area contributed by atoms with E-state index in [0.29, 0.717) is 5.82 Å². The normalized spacial score (nSPS) is 12.4. The predicted octanol–water partition coefficient (Wildman–Crippen LogP) is 2.91. The maximum atomic E-state index is 6.05. The third kappa shape index (κ3) is 2.58. The molecule has 21 heavy (non-hydrogen) atoms. The van der Waals surface area contributed by atoms with Gasteiger partial charge in [0, 0.05) is 23.3 Å². The van der Waals surface area contributed by atoms with Crippen LogP contribution in [0, 0.1) is 0 Å². The number of anilines is 1. The standard InChI is InChI=1S/C17H18N4/c1-2-19-16(14-8-5-10-21-17(14)18)15-13-7-4-3-6-12(13)9-11-20-15/h3-11,16,19H,2H2,1H3,(H2,18,21). The number of nitrogen functional groups attached to an aromatic ring is 1. The zero-order chi connectivity index (χ0) is 14.7. The number of nitrogens with one attached hydrogen (secondary N) is 1. The molecule has 0 aliphatic carbocycles. The van der Waals surface area contributed by atoms with Crippen LogP contribution in [0.4, 0.5) is 5.82 Å². The highest BCUT2D eigenvalue weighted by molar-refractivity contribution is 5.85. The maximum Gasteiger partial charge on any atom is 0.128 e. The van der Waals surface area contributed by atoms with Crippen LogP contribution in [0.5, 0.6) is 0 Å². The Hall–Kier alpha value is -2.46. The van der Waals surface area contributed by atoms with E-state index < -0.39 is 0 Å². The minimum absolute atomic E-state index is 0.0604. The number of rotatable bonds is 4. The third-order valence-corrected chi connectivity index (χ3v) is 3.57. The maximum absolute atomic E-state index is 6.05. The highest BCUT2D eigenvalue weighted by atomic mass is 15.0. The van der Waals surface area contributed by atoms with Gasteiger partial charge in [-0.1, -0.05) is 37.3 Å². The number of aromatic nitrogens is 2. The van der Waals surface area contributed by atoms with Crippen molar-refractivity contribution in [2.24, 2.45) is 0 Å². The largest absolute Gasteiger partial charge is 0.383 e. The molecule has 1 atom stereocenters. The Balaban J connectivity index is 2.19. The topological polar surface area (TPSA) is 63.8 Å². The first-order valence-electron chi connectivity index (χ1n) is 7.08. The molecule has 0 aliphatic heterocycles. The van der Waals surface area contributed by atoms with E-state index in [-0.39, 0.29) is 6.04 Å². The van der Waals surface area contributed by atoms with Gasteiger partial charge in [-0.3, -0.25) is 4.98 Å². The van der Waals surface area contributed by atoms with Gasteiger partial charge in [0.15, 0.2) is 0 Å². The van der Waals surface area contributed by atoms with Crippen molar-refractivity contribution in [1.82, 2.24) is 15.3 Å². The summed E-state index contributed by atoms with van der Waals surface area (Å²) in [7, 11) is 0. The Morgan fingerprint density at radius 3 is 2.71 bits per heavy atom. The summed E-state index contributed by atoms with van der Waals surface area (Å²) in [6, 6.07) is 14.1. The molecule has 3 aromatic rings. The molecule has 0 saturated heterocycles. The molecule has 1 unspecified atom stereocenters. The number of nitrogens with zero attached hydrogens (tertiary/aromatic N) is 2. The van der Waals surface area contributed by atoms with Gasteiger partial charge in [-0.05, 0) is 24.1 Å². The summed E-state index contributed by atoms with van der Waals surface area (Å²) in [5.74, 6) is 0.540. The smallest absolute Gasteiger partial charge is 0.128 e. The predicted molar refractivity (Wildman–Crippen MR) is 85.9 cm³/mol. The van der Waals surface area contributed by atoms with Crippen LogP contribution in [-0.4, -0.2) is 16.5 Å². The Labute approximate surface area is 124 Å². The van der Waals surface area contributed by atoms with E-state index in [4.69, 9.17) is 5.73 Å². The molecule has 2 heterocycles. The van der Waals surface area contributed by atoms with E-state index in [1.807, 2.05) is 36.5 Å². The van der Waals surface area contributed by atoms with Gasteiger partial charge in [0.25, 0.3) is 0 Å². The number of pyridine rings is 2. The second kappa shape index (κ2) is 5.89. The monoisotopic (exact) mass is 278 g/mol. The van der Waals surface area contributed by atoms with Gasteiger partial charge in [-0.25, -0.2) is 4.98 Å². The fraction of sp³-hybridized carbons (Fsp3) is 0.176. The molecule has 3 rings (SSSR count). The summed E-state index contributed by atoms with van der Waals surface area (Å²) in [6.07, 6.45) is 3.55. The molecule has 0 fully saturated rings. The molecule has 0 aliphatic rings. The molecule has 0 spiro atoms. The minimum atomic E-state index is -0.0604. The van der Waals surface area contributed by atoms with Crippen LogP contribution in [0.1, 0.15) is 24.2 Å². The second-order valence-corrected chi connectivity index (χ2v) is 4.89. The molecular formula is C17H18N4. The summed E-state index contributed by atoms with van der Waals surface area (Å²) < 4.78 is 0. The van der Waals surface area contributed by atoms with Gasteiger partial charge < -0.3 is 11.1 Å². The van der Waals surface area contributed by atoms with Crippen LogP contribution in [0.25, 0.3) is 10.8 Å². The molecule has 3 N–H and O–H groups in total. The van der Waals surface area contributed by atoms with Crippen molar-refractivity contribution in [3.05, 3.63) is 66.1 Å². The molecule has 0 saturated carbocycles. The van der Waals surface area contributed by atoms with E-state index >= 15 is 0 Å². The van der Waals surface area contributed by atoms with E-state index in [1.165, 1.54) is 5.39 Å². The molecule has 1 aromatic carbocycles. The summed E-state index contributed by atoms with van der Waals surface area (Å²) in [5, 5.41) is 5.77. The van der Waals surface area contributed by atoms with Crippen LogP contribution < -0.4 is 11.1 Å². The zero-order valence-corrected chi connectivity index (χ0v) is 12.0. The molecule has 0 bridgehead atoms. The van der Waals surface area contributed by atoms with Crippen molar-refractivity contribution < 1.29 is 0 Å². The van der Waals surface area contributed by atoms with Crippen molar-refractivity contribution in [2.75, 3.05) is 12.3 Å². The molecule has 0 amide bonds. The number of fused-ring (bicyclic) bond motifs is 1. The molecule has 4 heteroatoms. The minimum Gasteiger partial charge on any atom is -0.383 e. The fourth-order valence-electron chi connectivity index (χ4n) is 2.61. The van der Waals surface area contributed by atoms with Crippen molar-refractivity contribution in [3.63, 3.8) is 0 Å². The third-order valence-electron chi connectivity index (χ3n) is 3.57. The Morgan fingerprint density at radius 1 is 1.05 bits per heavy atom. The Morgan fingerprint density at radius 2 is 1.90 bits per heavy atom. The summed E-state index contributed by atoms with van der Waals surface area (Å²) in [4.78, 5) is 8.80. The average molecular weight is 278 g/mol. The summed E-state index contributed by atoms with van der Waals surface area (Å²) in [6.45, 7) is 2.90. The first-order valence-corrected chi connectivity index (χ1v) is 7.08. The van der Waals surface area contributed by atoms with E-state index in [1.54, 1.807) is 6.20 Å². The summed E-state index contributed by atoms with van der Waals surface area (Å²) >= 11 is 0. The van der Waals surface area contributed by atoms with Crippen molar-refractivity contribution in [3.8, 4) is 0 Å². The zero-order valence-electron chi connectivity index (χ0n) is 12.0. The van der Waals surface area contributed by atoms with Crippen LogP contribution in [0.2, 0.25) is 0 Å². The van der Waals surface area contributed by atoms with Gasteiger partial charge in [-0.15, -0.1) is 0 Å². The van der Waals surface area contributed by atoms with Gasteiger partial charge >= 0.3 is 0 Å². The van der Waals surface area contributed by atoms with E-state index in [2.05, 4.69) is 34.3 Å². The SMILES string of the molecule is CCNC(c1cccnc1N)c1nccc2ccccc12. The van der Waals surface area contributed by atoms with Crippen molar-refractivity contribution in [1.29, 1.82) is 0 Å². The molecule has 106 valence electrons. The highest BCUT2D eigenvalue weighted by Gasteiger charge is 2.19. The van der Waals surface area contributed by atoms with Crippen LogP contribution >= 0.6 is 0 Å². The fourth-order valence-corrected chi connectivity index (χ4v) is 2.61. The number of hydrogen-bond donors (Lipinski definition) is 2. The lowest BCUT2D eigenvalue weighted by Crippen LogP contribution is -2.24. The van der Waals surface area contributed by atoms with Crippen molar-refractivity contribution in [2.45, 2.75) is 13.0 Å². The number of benzene rings is 1. The van der Waals surface area contributed by atoms with Crippen molar-refractivity contribution >= 4 is 16.6 Å². The van der Waals surface area contributed by atoms with Gasteiger partial charge in [0.1, 0.15) is 5.82 Å². The number of hydrogen-bond acceptors (Lipinski definition) is 4. The Bertz CT molecular complexity index is 749. The van der Waals surface area contributed by atoms with Gasteiger partial charge in [0.05, 0.1) is 11.7 Å².